The standard InChI is InChI=1S/C31H36NO8PS/c1-6-32-27-16-15-25(42(34,35)36)20-26(27)31(4,5)29(32)17-13-21-10-9-11-23-18-22-12-14-24(19-28(22)39-30(21)23)40-41(33,37-7-2)38-8-3/h12-20H,6-11H2,1-5H3. The summed E-state index contributed by atoms with van der Waals surface area (Å²) in [4.78, 5) is -0.223. The molecule has 0 bridgehead atoms. The van der Waals surface area contributed by atoms with E-state index in [4.69, 9.17) is 18.3 Å². The lowest BCUT2D eigenvalue weighted by Crippen LogP contribution is -2.27. The predicted molar refractivity (Wildman–Crippen MR) is 159 cm³/mol. The summed E-state index contributed by atoms with van der Waals surface area (Å²) in [6.45, 7) is 10.6. The summed E-state index contributed by atoms with van der Waals surface area (Å²) in [7, 11) is -8.32. The molecule has 0 saturated heterocycles. The molecule has 1 aliphatic carbocycles. The average Bonchev–Trinajstić information content (AvgIpc) is 3.15. The Morgan fingerprint density at radius 1 is 1.05 bits per heavy atom. The number of hydrogen-bond donors (Lipinski definition) is 0. The van der Waals surface area contributed by atoms with Crippen LogP contribution in [0.25, 0.3) is 6.08 Å². The minimum Gasteiger partial charge on any atom is -0.744 e. The van der Waals surface area contributed by atoms with E-state index in [9.17, 15) is 17.5 Å². The van der Waals surface area contributed by atoms with E-state index < -0.39 is 23.4 Å². The second kappa shape index (κ2) is 11.6. The molecule has 3 aliphatic rings. The summed E-state index contributed by atoms with van der Waals surface area (Å²) in [5, 5.41) is 0. The molecule has 2 aromatic carbocycles. The number of nitrogens with zero attached hydrogens (tertiary/aromatic N) is 1. The molecule has 0 saturated carbocycles. The quantitative estimate of drug-likeness (QED) is 0.160. The van der Waals surface area contributed by atoms with Crippen molar-refractivity contribution in [2.45, 2.75) is 64.2 Å². The van der Waals surface area contributed by atoms with Gasteiger partial charge in [-0.3, -0.25) is 9.05 Å². The molecular weight excluding hydrogens is 577 g/mol. The van der Waals surface area contributed by atoms with Crippen molar-refractivity contribution in [2.75, 3.05) is 19.8 Å². The van der Waals surface area contributed by atoms with Crippen LogP contribution in [0.2, 0.25) is 0 Å². The first-order valence-electron chi connectivity index (χ1n) is 14.2. The molecule has 2 heterocycles. The number of phosphoric ester groups is 1. The second-order valence-electron chi connectivity index (χ2n) is 10.8. The molecule has 11 heteroatoms. The van der Waals surface area contributed by atoms with Gasteiger partial charge in [0.15, 0.2) is 5.71 Å². The zero-order valence-electron chi connectivity index (χ0n) is 24.5. The number of hydrogen-bond acceptors (Lipinski definition) is 8. The first-order chi connectivity index (χ1) is 19.9. The van der Waals surface area contributed by atoms with Crippen molar-refractivity contribution in [3.8, 4) is 11.5 Å². The average molecular weight is 614 g/mol. The van der Waals surface area contributed by atoms with E-state index in [0.29, 0.717) is 18.0 Å². The summed E-state index contributed by atoms with van der Waals surface area (Å²) < 4.78 is 72.9. The molecule has 2 aliphatic heterocycles. The SMILES string of the molecule is CCOP(=O)(OCC)Oc1ccc2c(c1)OC1=C(C=CC3=[N+](CC)c4ccc(S(=O)(=O)[O-])cc4C3(C)C)CCCC1=C2. The van der Waals surface area contributed by atoms with E-state index in [2.05, 4.69) is 22.8 Å². The number of rotatable bonds is 10. The minimum absolute atomic E-state index is 0.183. The molecule has 0 amide bonds. The van der Waals surface area contributed by atoms with Gasteiger partial charge in [0.25, 0.3) is 0 Å². The molecule has 0 atom stereocenters. The van der Waals surface area contributed by atoms with E-state index in [1.165, 1.54) is 12.1 Å². The maximum absolute atomic E-state index is 12.9. The number of benzene rings is 2. The lowest BCUT2D eigenvalue weighted by molar-refractivity contribution is -0.433. The molecular formula is C31H36NO8PS. The molecule has 42 heavy (non-hydrogen) atoms. The van der Waals surface area contributed by atoms with Crippen LogP contribution in [0.5, 0.6) is 11.5 Å². The Kier molecular flexibility index (Phi) is 8.40. The normalized spacial score (nSPS) is 18.0. The maximum atomic E-state index is 12.9. The fourth-order valence-corrected chi connectivity index (χ4v) is 7.45. The fraction of sp³-hybridized carbons (Fsp3) is 0.387. The third-order valence-corrected chi connectivity index (χ3v) is 10.1. The first-order valence-corrected chi connectivity index (χ1v) is 17.0. The molecule has 224 valence electrons. The van der Waals surface area contributed by atoms with Crippen molar-refractivity contribution in [3.05, 3.63) is 76.6 Å². The fourth-order valence-electron chi connectivity index (χ4n) is 5.77. The third kappa shape index (κ3) is 5.79. The Bertz CT molecular complexity index is 1690. The molecule has 9 nitrogen and oxygen atoms in total. The van der Waals surface area contributed by atoms with Crippen LogP contribution in [0.4, 0.5) is 5.69 Å². The molecule has 0 radical (unpaired) electrons. The van der Waals surface area contributed by atoms with E-state index in [1.54, 1.807) is 32.0 Å². The highest BCUT2D eigenvalue weighted by Crippen LogP contribution is 2.51. The molecule has 2 aromatic rings. The summed E-state index contributed by atoms with van der Waals surface area (Å²) in [6.07, 6.45) is 8.93. The Morgan fingerprint density at radius 3 is 2.45 bits per heavy atom. The van der Waals surface area contributed by atoms with E-state index in [0.717, 1.165) is 58.7 Å². The Hall–Kier alpha value is -3.01. The zero-order chi connectivity index (χ0) is 30.3. The van der Waals surface area contributed by atoms with Crippen molar-refractivity contribution in [2.24, 2.45) is 0 Å². The topological polar surface area (TPSA) is 114 Å². The minimum atomic E-state index is -4.57. The predicted octanol–water partition coefficient (Wildman–Crippen LogP) is 7.02. The Labute approximate surface area is 247 Å². The number of ether oxygens (including phenoxy) is 1. The molecule has 0 unspecified atom stereocenters. The molecule has 0 fully saturated rings. The first kappa shape index (κ1) is 30.4. The molecule has 5 rings (SSSR count). The van der Waals surface area contributed by atoms with Crippen LogP contribution in [0.1, 0.15) is 65.0 Å². The zero-order valence-corrected chi connectivity index (χ0v) is 26.2. The summed E-state index contributed by atoms with van der Waals surface area (Å²) in [6, 6.07) is 9.88. The van der Waals surface area contributed by atoms with Crippen molar-refractivity contribution in [3.63, 3.8) is 0 Å². The lowest BCUT2D eigenvalue weighted by atomic mass is 9.81. The van der Waals surface area contributed by atoms with E-state index in [1.807, 2.05) is 26.8 Å². The second-order valence-corrected chi connectivity index (χ2v) is 13.7. The largest absolute Gasteiger partial charge is 0.744 e. The van der Waals surface area contributed by atoms with Crippen molar-refractivity contribution < 1.29 is 40.4 Å². The molecule has 0 spiro atoms. The van der Waals surface area contributed by atoms with Gasteiger partial charge >= 0.3 is 7.82 Å². The van der Waals surface area contributed by atoms with Crippen LogP contribution >= 0.6 is 7.82 Å². The number of phosphoric acid groups is 1. The van der Waals surface area contributed by atoms with Gasteiger partial charge < -0.3 is 13.8 Å². The summed E-state index contributed by atoms with van der Waals surface area (Å²) in [5.74, 6) is 1.70. The smallest absolute Gasteiger partial charge is 0.530 e. The van der Waals surface area contributed by atoms with Crippen LogP contribution in [-0.2, 0) is 29.1 Å². The lowest BCUT2D eigenvalue weighted by Gasteiger charge is -2.27. The summed E-state index contributed by atoms with van der Waals surface area (Å²) in [5.41, 5.74) is 5.21. The van der Waals surface area contributed by atoms with Crippen molar-refractivity contribution >= 4 is 35.4 Å². The molecule has 0 N–H and O–H groups in total. The Balaban J connectivity index is 1.48. The Morgan fingerprint density at radius 2 is 1.79 bits per heavy atom. The summed E-state index contributed by atoms with van der Waals surface area (Å²) >= 11 is 0. The van der Waals surface area contributed by atoms with Gasteiger partial charge in [-0.25, -0.2) is 13.0 Å². The van der Waals surface area contributed by atoms with Crippen LogP contribution < -0.4 is 9.26 Å². The van der Waals surface area contributed by atoms with Crippen LogP contribution in [0.3, 0.4) is 0 Å². The third-order valence-electron chi connectivity index (χ3n) is 7.70. The van der Waals surface area contributed by atoms with Gasteiger partial charge in [0.1, 0.15) is 33.9 Å². The van der Waals surface area contributed by atoms with Gasteiger partial charge in [0.2, 0.25) is 5.69 Å². The van der Waals surface area contributed by atoms with Gasteiger partial charge in [0.05, 0.1) is 23.5 Å². The van der Waals surface area contributed by atoms with Crippen LogP contribution in [-0.4, -0.2) is 43.0 Å². The highest BCUT2D eigenvalue weighted by Gasteiger charge is 2.44. The van der Waals surface area contributed by atoms with Gasteiger partial charge in [-0.1, -0.05) is 0 Å². The van der Waals surface area contributed by atoms with Gasteiger partial charge in [0, 0.05) is 29.3 Å². The van der Waals surface area contributed by atoms with E-state index >= 15 is 0 Å². The number of fused-ring (bicyclic) bond motifs is 3. The highest BCUT2D eigenvalue weighted by molar-refractivity contribution is 7.85. The highest BCUT2D eigenvalue weighted by atomic mass is 32.2. The maximum Gasteiger partial charge on any atom is 0.530 e. The van der Waals surface area contributed by atoms with Crippen molar-refractivity contribution in [1.82, 2.24) is 0 Å². The van der Waals surface area contributed by atoms with Crippen LogP contribution in [0, 0.1) is 0 Å². The van der Waals surface area contributed by atoms with Crippen molar-refractivity contribution in [1.29, 1.82) is 0 Å². The van der Waals surface area contributed by atoms with E-state index in [-0.39, 0.29) is 18.1 Å². The molecule has 0 aromatic heterocycles. The van der Waals surface area contributed by atoms with Gasteiger partial charge in [-0.2, -0.15) is 4.58 Å². The van der Waals surface area contributed by atoms with Crippen LogP contribution in [0.15, 0.2) is 70.4 Å². The monoisotopic (exact) mass is 613 g/mol. The van der Waals surface area contributed by atoms with Gasteiger partial charge in [-0.15, -0.1) is 0 Å². The van der Waals surface area contributed by atoms with Gasteiger partial charge in [-0.05, 0) is 101 Å². The number of allylic oxidation sites excluding steroid dienone is 4.